The lowest BCUT2D eigenvalue weighted by atomic mass is 10.1. The highest BCUT2D eigenvalue weighted by molar-refractivity contribution is 7.99. The van der Waals surface area contributed by atoms with E-state index in [1.54, 1.807) is 0 Å². The van der Waals surface area contributed by atoms with Gasteiger partial charge in [0.1, 0.15) is 0 Å². The Morgan fingerprint density at radius 3 is 2.61 bits per heavy atom. The molecule has 0 aliphatic carbocycles. The Morgan fingerprint density at radius 2 is 2.00 bits per heavy atom. The van der Waals surface area contributed by atoms with Crippen molar-refractivity contribution in [2.45, 2.75) is 31.6 Å². The van der Waals surface area contributed by atoms with Gasteiger partial charge in [0.05, 0.1) is 0 Å². The van der Waals surface area contributed by atoms with Gasteiger partial charge in [0.25, 0.3) is 0 Å². The summed E-state index contributed by atoms with van der Waals surface area (Å²) < 4.78 is 0. The number of rotatable bonds is 9. The van der Waals surface area contributed by atoms with E-state index in [0.29, 0.717) is 5.92 Å². The molecule has 1 atom stereocenters. The molecule has 1 unspecified atom stereocenters. The van der Waals surface area contributed by atoms with Crippen molar-refractivity contribution in [3.63, 3.8) is 0 Å². The van der Waals surface area contributed by atoms with Gasteiger partial charge in [-0.1, -0.05) is 26.0 Å². The summed E-state index contributed by atoms with van der Waals surface area (Å²) in [6.45, 7) is 7.34. The zero-order valence-electron chi connectivity index (χ0n) is 11.6. The van der Waals surface area contributed by atoms with Crippen LogP contribution in [-0.2, 0) is 6.42 Å². The minimum atomic E-state index is 0.679. The van der Waals surface area contributed by atoms with E-state index in [1.165, 1.54) is 10.5 Å². The van der Waals surface area contributed by atoms with E-state index in [-0.39, 0.29) is 0 Å². The summed E-state index contributed by atoms with van der Waals surface area (Å²) >= 11 is 1.89. The van der Waals surface area contributed by atoms with Crippen molar-refractivity contribution >= 4 is 11.8 Å². The molecule has 1 aromatic carbocycles. The van der Waals surface area contributed by atoms with Crippen molar-refractivity contribution in [1.82, 2.24) is 5.32 Å². The van der Waals surface area contributed by atoms with Gasteiger partial charge in [-0.15, -0.1) is 11.8 Å². The lowest BCUT2D eigenvalue weighted by Crippen LogP contribution is -2.24. The number of nitrogens with one attached hydrogen (secondary N) is 1. The van der Waals surface area contributed by atoms with E-state index in [4.69, 9.17) is 5.73 Å². The Bertz CT molecular complexity index is 311. The van der Waals surface area contributed by atoms with Crippen LogP contribution >= 0.6 is 11.8 Å². The Labute approximate surface area is 116 Å². The van der Waals surface area contributed by atoms with Gasteiger partial charge in [-0.3, -0.25) is 0 Å². The molecule has 0 aliphatic rings. The Kier molecular flexibility index (Phi) is 8.14. The second-order valence-electron chi connectivity index (χ2n) is 4.71. The van der Waals surface area contributed by atoms with Crippen molar-refractivity contribution in [3.8, 4) is 0 Å². The Morgan fingerprint density at radius 1 is 1.28 bits per heavy atom. The van der Waals surface area contributed by atoms with Crippen LogP contribution in [0.4, 0.5) is 0 Å². The van der Waals surface area contributed by atoms with Gasteiger partial charge in [0.15, 0.2) is 0 Å². The first-order chi connectivity index (χ1) is 8.76. The van der Waals surface area contributed by atoms with Crippen LogP contribution in [-0.4, -0.2) is 25.4 Å². The third-order valence-corrected chi connectivity index (χ3v) is 3.87. The second-order valence-corrected chi connectivity index (χ2v) is 6.05. The first-order valence-corrected chi connectivity index (χ1v) is 7.87. The summed E-state index contributed by atoms with van der Waals surface area (Å²) in [5.41, 5.74) is 6.95. The largest absolute Gasteiger partial charge is 0.330 e. The van der Waals surface area contributed by atoms with Gasteiger partial charge in [-0.2, -0.15) is 0 Å². The maximum atomic E-state index is 5.53. The maximum Gasteiger partial charge on any atom is 0.00720 e. The van der Waals surface area contributed by atoms with Crippen molar-refractivity contribution in [1.29, 1.82) is 0 Å². The van der Waals surface area contributed by atoms with E-state index in [0.717, 1.165) is 38.2 Å². The van der Waals surface area contributed by atoms with Crippen LogP contribution in [0.2, 0.25) is 0 Å². The number of benzene rings is 1. The Hall–Kier alpha value is -0.510. The highest BCUT2D eigenvalue weighted by Crippen LogP contribution is 2.17. The first kappa shape index (κ1) is 15.5. The van der Waals surface area contributed by atoms with Gasteiger partial charge in [-0.25, -0.2) is 0 Å². The fourth-order valence-electron chi connectivity index (χ4n) is 1.89. The SMILES string of the molecule is CCSc1ccc(CCNCC(C)CCN)cc1. The van der Waals surface area contributed by atoms with Crippen molar-refractivity contribution in [2.24, 2.45) is 11.7 Å². The summed E-state index contributed by atoms with van der Waals surface area (Å²) in [6.07, 6.45) is 2.21. The minimum absolute atomic E-state index is 0.679. The quantitative estimate of drug-likeness (QED) is 0.533. The van der Waals surface area contributed by atoms with Crippen LogP contribution in [0.5, 0.6) is 0 Å². The van der Waals surface area contributed by atoms with Crippen LogP contribution < -0.4 is 11.1 Å². The predicted molar refractivity (Wildman–Crippen MR) is 82.2 cm³/mol. The third-order valence-electron chi connectivity index (χ3n) is 2.98. The van der Waals surface area contributed by atoms with Gasteiger partial charge >= 0.3 is 0 Å². The smallest absolute Gasteiger partial charge is 0.00720 e. The fourth-order valence-corrected chi connectivity index (χ4v) is 2.55. The van der Waals surface area contributed by atoms with Crippen molar-refractivity contribution in [3.05, 3.63) is 29.8 Å². The number of thioether (sulfide) groups is 1. The number of hydrogen-bond acceptors (Lipinski definition) is 3. The molecule has 0 spiro atoms. The average Bonchev–Trinajstić information content (AvgIpc) is 2.37. The highest BCUT2D eigenvalue weighted by atomic mass is 32.2. The highest BCUT2D eigenvalue weighted by Gasteiger charge is 2.00. The third kappa shape index (κ3) is 6.43. The zero-order valence-corrected chi connectivity index (χ0v) is 12.4. The molecule has 0 aromatic heterocycles. The predicted octanol–water partition coefficient (Wildman–Crippen LogP) is 2.92. The monoisotopic (exact) mass is 266 g/mol. The van der Waals surface area contributed by atoms with Gasteiger partial charge < -0.3 is 11.1 Å². The topological polar surface area (TPSA) is 38.0 Å². The average molecular weight is 266 g/mol. The van der Waals surface area contributed by atoms with Crippen molar-refractivity contribution < 1.29 is 0 Å². The molecular formula is C15H26N2S. The van der Waals surface area contributed by atoms with E-state index in [9.17, 15) is 0 Å². The molecule has 0 saturated heterocycles. The standard InChI is InChI=1S/C15H26N2S/c1-3-18-15-6-4-14(5-7-15)9-11-17-12-13(2)8-10-16/h4-7,13,17H,3,8-12,16H2,1-2H3. The molecule has 0 fully saturated rings. The molecule has 0 bridgehead atoms. The molecule has 1 aromatic rings. The van der Waals surface area contributed by atoms with Crippen LogP contribution in [0.15, 0.2) is 29.2 Å². The maximum absolute atomic E-state index is 5.53. The summed E-state index contributed by atoms with van der Waals surface area (Å²) in [7, 11) is 0. The lowest BCUT2D eigenvalue weighted by Gasteiger charge is -2.11. The van der Waals surface area contributed by atoms with Crippen LogP contribution in [0.1, 0.15) is 25.8 Å². The number of nitrogens with two attached hydrogens (primary N) is 1. The zero-order chi connectivity index (χ0) is 13.2. The summed E-state index contributed by atoms with van der Waals surface area (Å²) in [5.74, 6) is 1.82. The van der Waals surface area contributed by atoms with Crippen LogP contribution in [0.3, 0.4) is 0 Å². The lowest BCUT2D eigenvalue weighted by molar-refractivity contribution is 0.489. The van der Waals surface area contributed by atoms with E-state index in [2.05, 4.69) is 43.4 Å². The molecule has 0 amide bonds. The molecule has 0 radical (unpaired) electrons. The fraction of sp³-hybridized carbons (Fsp3) is 0.600. The molecule has 3 N–H and O–H groups in total. The molecular weight excluding hydrogens is 240 g/mol. The van der Waals surface area contributed by atoms with Gasteiger partial charge in [0.2, 0.25) is 0 Å². The van der Waals surface area contributed by atoms with Crippen molar-refractivity contribution in [2.75, 3.05) is 25.4 Å². The Balaban J connectivity index is 2.19. The molecule has 1 rings (SSSR count). The van der Waals surface area contributed by atoms with Gasteiger partial charge in [-0.05, 0) is 61.8 Å². The van der Waals surface area contributed by atoms with Crippen LogP contribution in [0.25, 0.3) is 0 Å². The van der Waals surface area contributed by atoms with E-state index in [1.807, 2.05) is 11.8 Å². The number of hydrogen-bond donors (Lipinski definition) is 2. The minimum Gasteiger partial charge on any atom is -0.330 e. The summed E-state index contributed by atoms with van der Waals surface area (Å²) in [4.78, 5) is 1.37. The molecule has 102 valence electrons. The van der Waals surface area contributed by atoms with Crippen LogP contribution in [0, 0.1) is 5.92 Å². The normalized spacial score (nSPS) is 12.6. The first-order valence-electron chi connectivity index (χ1n) is 6.88. The summed E-state index contributed by atoms with van der Waals surface area (Å²) in [6, 6.07) is 8.92. The molecule has 0 saturated carbocycles. The van der Waals surface area contributed by atoms with E-state index >= 15 is 0 Å². The second kappa shape index (κ2) is 9.42. The molecule has 3 heteroatoms. The molecule has 0 aliphatic heterocycles. The van der Waals surface area contributed by atoms with Gasteiger partial charge in [0, 0.05) is 4.90 Å². The summed E-state index contributed by atoms with van der Waals surface area (Å²) in [5, 5.41) is 3.50. The molecule has 18 heavy (non-hydrogen) atoms. The molecule has 2 nitrogen and oxygen atoms in total. The van der Waals surface area contributed by atoms with E-state index < -0.39 is 0 Å². The molecule has 0 heterocycles.